The van der Waals surface area contributed by atoms with Crippen molar-refractivity contribution >= 4 is 0 Å². The number of nitrogens with zero attached hydrogens (tertiary/aromatic N) is 1. The highest BCUT2D eigenvalue weighted by molar-refractivity contribution is 5.67. The van der Waals surface area contributed by atoms with E-state index in [4.69, 9.17) is 10.00 Å². The number of benzene rings is 2. The average Bonchev–Trinajstić information content (AvgIpc) is 2.40. The topological polar surface area (TPSA) is 33.0 Å². The summed E-state index contributed by atoms with van der Waals surface area (Å²) in [5.74, 6) is -1.09. The average molecular weight is 259 g/mol. The number of hydrogen-bond donors (Lipinski definition) is 0. The molecule has 0 aliphatic heterocycles. The molecule has 0 bridgehead atoms. The molecule has 0 spiro atoms. The molecule has 4 heteroatoms. The fraction of sp³-hybridized carbons (Fsp3) is 0.133. The summed E-state index contributed by atoms with van der Waals surface area (Å²) in [6.45, 7) is 0. The lowest BCUT2D eigenvalue weighted by molar-refractivity contribution is 0.387. The van der Waals surface area contributed by atoms with Crippen molar-refractivity contribution in [3.63, 3.8) is 0 Å². The number of nitriles is 1. The van der Waals surface area contributed by atoms with Crippen molar-refractivity contribution in [1.29, 1.82) is 5.26 Å². The van der Waals surface area contributed by atoms with Gasteiger partial charge in [-0.3, -0.25) is 0 Å². The van der Waals surface area contributed by atoms with Crippen LogP contribution in [0.15, 0.2) is 36.4 Å². The zero-order valence-electron chi connectivity index (χ0n) is 10.3. The van der Waals surface area contributed by atoms with E-state index in [0.29, 0.717) is 5.56 Å². The van der Waals surface area contributed by atoms with E-state index in [1.165, 1.54) is 31.4 Å². The molecule has 0 fully saturated rings. The second kappa shape index (κ2) is 5.49. The molecule has 0 aromatic heterocycles. The molecule has 0 aliphatic rings. The highest BCUT2D eigenvalue weighted by Crippen LogP contribution is 2.31. The maximum Gasteiger partial charge on any atom is 0.172 e. The van der Waals surface area contributed by atoms with E-state index in [1.807, 2.05) is 6.07 Å². The lowest BCUT2D eigenvalue weighted by Gasteiger charge is -2.09. The first-order valence-electron chi connectivity index (χ1n) is 5.65. The van der Waals surface area contributed by atoms with E-state index in [-0.39, 0.29) is 23.3 Å². The molecule has 0 saturated heterocycles. The van der Waals surface area contributed by atoms with Crippen molar-refractivity contribution < 1.29 is 13.5 Å². The Morgan fingerprint density at radius 3 is 2.58 bits per heavy atom. The van der Waals surface area contributed by atoms with Gasteiger partial charge >= 0.3 is 0 Å². The number of rotatable bonds is 3. The Morgan fingerprint density at radius 2 is 1.95 bits per heavy atom. The summed E-state index contributed by atoms with van der Waals surface area (Å²) in [7, 11) is 1.36. The third-order valence-electron chi connectivity index (χ3n) is 2.79. The lowest BCUT2D eigenvalue weighted by Crippen LogP contribution is -1.94. The van der Waals surface area contributed by atoms with Gasteiger partial charge in [0.2, 0.25) is 0 Å². The maximum atomic E-state index is 14.0. The van der Waals surface area contributed by atoms with Gasteiger partial charge in [-0.1, -0.05) is 24.3 Å². The van der Waals surface area contributed by atoms with Gasteiger partial charge in [0.25, 0.3) is 0 Å². The zero-order chi connectivity index (χ0) is 13.8. The molecule has 0 unspecified atom stereocenters. The SMILES string of the molecule is COc1cccc(-c2ccc(CC#N)cc2F)c1F. The molecule has 2 aromatic rings. The van der Waals surface area contributed by atoms with Crippen molar-refractivity contribution in [2.75, 3.05) is 7.11 Å². The molecule has 0 heterocycles. The predicted octanol–water partition coefficient (Wildman–Crippen LogP) is 3.71. The van der Waals surface area contributed by atoms with E-state index in [2.05, 4.69) is 0 Å². The van der Waals surface area contributed by atoms with Gasteiger partial charge in [-0.15, -0.1) is 0 Å². The van der Waals surface area contributed by atoms with Crippen molar-refractivity contribution in [1.82, 2.24) is 0 Å². The summed E-state index contributed by atoms with van der Waals surface area (Å²) in [5, 5.41) is 8.56. The van der Waals surface area contributed by atoms with Gasteiger partial charge in [-0.05, 0) is 17.7 Å². The number of hydrogen-bond acceptors (Lipinski definition) is 2. The summed E-state index contributed by atoms with van der Waals surface area (Å²) in [6.07, 6.45) is 0.123. The minimum atomic E-state index is -0.600. The van der Waals surface area contributed by atoms with E-state index >= 15 is 0 Å². The molecule has 0 atom stereocenters. The normalized spacial score (nSPS) is 10.0. The highest BCUT2D eigenvalue weighted by atomic mass is 19.1. The lowest BCUT2D eigenvalue weighted by atomic mass is 10.0. The Hall–Kier alpha value is -2.41. The first-order chi connectivity index (χ1) is 9.17. The Bertz CT molecular complexity index is 647. The molecule has 0 saturated carbocycles. The van der Waals surface area contributed by atoms with Gasteiger partial charge in [0, 0.05) is 11.1 Å². The fourth-order valence-corrected chi connectivity index (χ4v) is 1.85. The van der Waals surface area contributed by atoms with Crippen LogP contribution in [-0.2, 0) is 6.42 Å². The molecular weight excluding hydrogens is 248 g/mol. The predicted molar refractivity (Wildman–Crippen MR) is 67.7 cm³/mol. The summed E-state index contributed by atoms with van der Waals surface area (Å²) in [5.41, 5.74) is 0.852. The van der Waals surface area contributed by atoms with Gasteiger partial charge in [0.05, 0.1) is 19.6 Å². The largest absolute Gasteiger partial charge is 0.494 e. The highest BCUT2D eigenvalue weighted by Gasteiger charge is 2.14. The van der Waals surface area contributed by atoms with Gasteiger partial charge in [-0.2, -0.15) is 5.26 Å². The zero-order valence-corrected chi connectivity index (χ0v) is 10.3. The van der Waals surface area contributed by atoms with Crippen LogP contribution in [0.4, 0.5) is 8.78 Å². The van der Waals surface area contributed by atoms with Crippen molar-refractivity contribution in [3.8, 4) is 22.9 Å². The minimum Gasteiger partial charge on any atom is -0.494 e. The van der Waals surface area contributed by atoms with Crippen LogP contribution in [0.25, 0.3) is 11.1 Å². The molecule has 2 rings (SSSR count). The Labute approximate surface area is 109 Å². The van der Waals surface area contributed by atoms with Crippen LogP contribution < -0.4 is 4.74 Å². The third kappa shape index (κ3) is 2.55. The molecule has 0 radical (unpaired) electrons. The van der Waals surface area contributed by atoms with Crippen molar-refractivity contribution in [2.24, 2.45) is 0 Å². The van der Waals surface area contributed by atoms with Gasteiger partial charge in [0.1, 0.15) is 5.82 Å². The summed E-state index contributed by atoms with van der Waals surface area (Å²) >= 11 is 0. The van der Waals surface area contributed by atoms with Crippen LogP contribution in [0, 0.1) is 23.0 Å². The number of halogens is 2. The molecule has 0 amide bonds. The molecule has 2 aromatic carbocycles. The third-order valence-corrected chi connectivity index (χ3v) is 2.79. The van der Waals surface area contributed by atoms with Crippen LogP contribution in [-0.4, -0.2) is 7.11 Å². The summed E-state index contributed by atoms with van der Waals surface area (Å²) < 4.78 is 32.9. The molecule has 19 heavy (non-hydrogen) atoms. The summed E-state index contributed by atoms with van der Waals surface area (Å²) in [4.78, 5) is 0. The van der Waals surface area contributed by atoms with E-state index in [0.717, 1.165) is 0 Å². The first kappa shape index (κ1) is 13.0. The standard InChI is InChI=1S/C15H11F2NO/c1-19-14-4-2-3-12(15(14)17)11-6-5-10(7-8-18)9-13(11)16/h2-6,9H,7H2,1H3. The molecule has 0 N–H and O–H groups in total. The Morgan fingerprint density at radius 1 is 1.16 bits per heavy atom. The first-order valence-corrected chi connectivity index (χ1v) is 5.65. The van der Waals surface area contributed by atoms with Crippen LogP contribution in [0.3, 0.4) is 0 Å². The minimum absolute atomic E-state index is 0.0676. The summed E-state index contributed by atoms with van der Waals surface area (Å²) in [6, 6.07) is 10.8. The maximum absolute atomic E-state index is 14.0. The monoisotopic (exact) mass is 259 g/mol. The van der Waals surface area contributed by atoms with E-state index in [1.54, 1.807) is 12.1 Å². The van der Waals surface area contributed by atoms with E-state index in [9.17, 15) is 8.78 Å². The van der Waals surface area contributed by atoms with Crippen LogP contribution in [0.2, 0.25) is 0 Å². The van der Waals surface area contributed by atoms with Gasteiger partial charge in [0.15, 0.2) is 11.6 Å². The van der Waals surface area contributed by atoms with E-state index < -0.39 is 11.6 Å². The van der Waals surface area contributed by atoms with Crippen LogP contribution in [0.5, 0.6) is 5.75 Å². The van der Waals surface area contributed by atoms with Gasteiger partial charge in [-0.25, -0.2) is 8.78 Å². The van der Waals surface area contributed by atoms with Crippen molar-refractivity contribution in [2.45, 2.75) is 6.42 Å². The molecular formula is C15H11F2NO. The molecule has 2 nitrogen and oxygen atoms in total. The molecule has 96 valence electrons. The van der Waals surface area contributed by atoms with Gasteiger partial charge < -0.3 is 4.74 Å². The Balaban J connectivity index is 2.51. The number of ether oxygens (including phenoxy) is 1. The quantitative estimate of drug-likeness (QED) is 0.841. The van der Waals surface area contributed by atoms with Crippen LogP contribution in [0.1, 0.15) is 5.56 Å². The second-order valence-corrected chi connectivity index (χ2v) is 3.97. The fourth-order valence-electron chi connectivity index (χ4n) is 1.85. The smallest absolute Gasteiger partial charge is 0.172 e. The van der Waals surface area contributed by atoms with Crippen LogP contribution >= 0.6 is 0 Å². The number of methoxy groups -OCH3 is 1. The Kier molecular flexibility index (Phi) is 3.76. The second-order valence-electron chi connectivity index (χ2n) is 3.97. The molecule has 0 aliphatic carbocycles. The van der Waals surface area contributed by atoms with Crippen molar-refractivity contribution in [3.05, 3.63) is 53.6 Å².